The summed E-state index contributed by atoms with van der Waals surface area (Å²) in [7, 11) is -3.81. The molecule has 1 aromatic heterocycles. The molecule has 0 bridgehead atoms. The molecule has 0 atom stereocenters. The Morgan fingerprint density at radius 2 is 1.54 bits per heavy atom. The summed E-state index contributed by atoms with van der Waals surface area (Å²) in [4.78, 5) is 8.00. The summed E-state index contributed by atoms with van der Waals surface area (Å²) < 4.78 is 32.5. The summed E-state index contributed by atoms with van der Waals surface area (Å²) in [5.41, 5.74) is 0. The largest absolute Gasteiger partial charge is 0.439 e. The van der Waals surface area contributed by atoms with Crippen molar-refractivity contribution in [2.24, 2.45) is 0 Å². The second-order valence-corrected chi connectivity index (χ2v) is 6.76. The third-order valence-corrected chi connectivity index (χ3v) is 4.45. The van der Waals surface area contributed by atoms with Crippen LogP contribution in [0.3, 0.4) is 0 Å². The van der Waals surface area contributed by atoms with Gasteiger partial charge in [0.15, 0.2) is 0 Å². The average molecular weight is 362 g/mol. The van der Waals surface area contributed by atoms with Crippen molar-refractivity contribution in [2.45, 2.75) is 4.90 Å². The van der Waals surface area contributed by atoms with E-state index in [1.807, 2.05) is 6.07 Å². The van der Waals surface area contributed by atoms with Crippen molar-refractivity contribution < 1.29 is 13.2 Å². The van der Waals surface area contributed by atoms with Gasteiger partial charge in [-0.3, -0.25) is 0 Å². The van der Waals surface area contributed by atoms with Crippen LogP contribution in [0.1, 0.15) is 0 Å². The van der Waals surface area contributed by atoms with E-state index in [1.54, 1.807) is 42.5 Å². The topological polar surface area (TPSA) is 81.2 Å². The minimum atomic E-state index is -3.81. The van der Waals surface area contributed by atoms with Gasteiger partial charge in [0.1, 0.15) is 10.9 Å². The number of sulfonamides is 1. The Bertz CT molecular complexity index is 935. The van der Waals surface area contributed by atoms with Gasteiger partial charge in [-0.2, -0.15) is 4.98 Å². The molecule has 1 N–H and O–H groups in total. The SMILES string of the molecule is O=S(=O)(Nc1nc(Cl)cc(Oc2ccccc2)n1)c1ccccc1. The molecule has 0 aliphatic carbocycles. The van der Waals surface area contributed by atoms with E-state index in [2.05, 4.69) is 14.7 Å². The van der Waals surface area contributed by atoms with Crippen molar-refractivity contribution in [2.75, 3.05) is 4.72 Å². The smallest absolute Gasteiger partial charge is 0.264 e. The molecule has 24 heavy (non-hydrogen) atoms. The van der Waals surface area contributed by atoms with Crippen LogP contribution in [0.25, 0.3) is 0 Å². The van der Waals surface area contributed by atoms with Crippen molar-refractivity contribution in [3.63, 3.8) is 0 Å². The van der Waals surface area contributed by atoms with E-state index in [1.165, 1.54) is 18.2 Å². The van der Waals surface area contributed by atoms with Crippen molar-refractivity contribution in [1.29, 1.82) is 0 Å². The van der Waals surface area contributed by atoms with Crippen LogP contribution in [0.4, 0.5) is 5.95 Å². The van der Waals surface area contributed by atoms with Gasteiger partial charge in [0.05, 0.1) is 4.90 Å². The fourth-order valence-corrected chi connectivity index (χ4v) is 3.02. The van der Waals surface area contributed by atoms with Crippen LogP contribution in [0.2, 0.25) is 5.15 Å². The van der Waals surface area contributed by atoms with Crippen molar-refractivity contribution in [1.82, 2.24) is 9.97 Å². The Morgan fingerprint density at radius 3 is 2.21 bits per heavy atom. The number of rotatable bonds is 5. The van der Waals surface area contributed by atoms with Gasteiger partial charge in [-0.15, -0.1) is 0 Å². The Morgan fingerprint density at radius 1 is 0.917 bits per heavy atom. The van der Waals surface area contributed by atoms with Crippen molar-refractivity contribution in [3.05, 3.63) is 71.9 Å². The number of anilines is 1. The van der Waals surface area contributed by atoms with Gasteiger partial charge in [-0.25, -0.2) is 18.1 Å². The Labute approximate surface area is 144 Å². The van der Waals surface area contributed by atoms with Crippen LogP contribution in [0, 0.1) is 0 Å². The molecule has 0 saturated carbocycles. The zero-order valence-electron chi connectivity index (χ0n) is 12.3. The van der Waals surface area contributed by atoms with E-state index >= 15 is 0 Å². The summed E-state index contributed by atoms with van der Waals surface area (Å²) in [6, 6.07) is 18.2. The molecule has 0 spiro atoms. The van der Waals surface area contributed by atoms with E-state index in [0.717, 1.165) is 0 Å². The zero-order chi connectivity index (χ0) is 17.0. The highest BCUT2D eigenvalue weighted by Crippen LogP contribution is 2.23. The minimum Gasteiger partial charge on any atom is -0.439 e. The molecule has 0 aliphatic rings. The molecule has 122 valence electrons. The van der Waals surface area contributed by atoms with E-state index in [4.69, 9.17) is 16.3 Å². The van der Waals surface area contributed by atoms with Crippen LogP contribution in [-0.2, 0) is 10.0 Å². The number of nitrogens with one attached hydrogen (secondary N) is 1. The van der Waals surface area contributed by atoms with Gasteiger partial charge in [-0.05, 0) is 24.3 Å². The number of aromatic nitrogens is 2. The quantitative estimate of drug-likeness (QED) is 0.700. The van der Waals surface area contributed by atoms with Crippen LogP contribution in [-0.4, -0.2) is 18.4 Å². The van der Waals surface area contributed by atoms with Gasteiger partial charge < -0.3 is 4.74 Å². The van der Waals surface area contributed by atoms with Gasteiger partial charge in [0.2, 0.25) is 11.8 Å². The fraction of sp³-hybridized carbons (Fsp3) is 0. The number of nitrogens with zero attached hydrogens (tertiary/aromatic N) is 2. The first-order valence-electron chi connectivity index (χ1n) is 6.88. The first kappa shape index (κ1) is 16.2. The maximum atomic E-state index is 12.3. The number of hydrogen-bond donors (Lipinski definition) is 1. The third kappa shape index (κ3) is 4.01. The van der Waals surface area contributed by atoms with Gasteiger partial charge in [0, 0.05) is 6.07 Å². The molecule has 0 radical (unpaired) electrons. The fourth-order valence-electron chi connectivity index (χ4n) is 1.88. The zero-order valence-corrected chi connectivity index (χ0v) is 13.8. The van der Waals surface area contributed by atoms with Crippen molar-refractivity contribution in [3.8, 4) is 11.6 Å². The second-order valence-electron chi connectivity index (χ2n) is 4.69. The molecule has 6 nitrogen and oxygen atoms in total. The molecule has 3 rings (SSSR count). The number of benzene rings is 2. The van der Waals surface area contributed by atoms with Crippen LogP contribution in [0.15, 0.2) is 71.6 Å². The van der Waals surface area contributed by atoms with Crippen LogP contribution in [0.5, 0.6) is 11.6 Å². The molecule has 0 saturated heterocycles. The highest BCUT2D eigenvalue weighted by molar-refractivity contribution is 7.92. The molecule has 8 heteroatoms. The first-order valence-corrected chi connectivity index (χ1v) is 8.74. The monoisotopic (exact) mass is 361 g/mol. The number of ether oxygens (including phenoxy) is 1. The molecule has 0 amide bonds. The first-order chi connectivity index (χ1) is 11.5. The van der Waals surface area contributed by atoms with Crippen LogP contribution >= 0.6 is 11.6 Å². The molecule has 0 unspecified atom stereocenters. The molecule has 0 fully saturated rings. The number of para-hydroxylation sites is 1. The lowest BCUT2D eigenvalue weighted by molar-refractivity contribution is 0.462. The van der Waals surface area contributed by atoms with E-state index < -0.39 is 10.0 Å². The summed E-state index contributed by atoms with van der Waals surface area (Å²) in [5.74, 6) is 0.508. The average Bonchev–Trinajstić information content (AvgIpc) is 2.55. The maximum absolute atomic E-state index is 12.3. The van der Waals surface area contributed by atoms with Gasteiger partial charge in [-0.1, -0.05) is 48.0 Å². The predicted molar refractivity (Wildman–Crippen MR) is 90.8 cm³/mol. The third-order valence-electron chi connectivity index (χ3n) is 2.92. The Balaban J connectivity index is 1.87. The lowest BCUT2D eigenvalue weighted by Crippen LogP contribution is -2.15. The minimum absolute atomic E-state index is 0.0571. The van der Waals surface area contributed by atoms with E-state index in [9.17, 15) is 8.42 Å². The Hall–Kier alpha value is -2.64. The second kappa shape index (κ2) is 6.86. The Kier molecular flexibility index (Phi) is 4.64. The summed E-state index contributed by atoms with van der Waals surface area (Å²) in [6.45, 7) is 0. The molecule has 3 aromatic rings. The highest BCUT2D eigenvalue weighted by Gasteiger charge is 2.16. The van der Waals surface area contributed by atoms with Gasteiger partial charge in [0.25, 0.3) is 10.0 Å². The van der Waals surface area contributed by atoms with Crippen LogP contribution < -0.4 is 9.46 Å². The van der Waals surface area contributed by atoms with E-state index in [0.29, 0.717) is 5.75 Å². The molecule has 1 heterocycles. The number of hydrogen-bond acceptors (Lipinski definition) is 5. The maximum Gasteiger partial charge on any atom is 0.264 e. The molecule has 2 aromatic carbocycles. The summed E-state index contributed by atoms with van der Waals surface area (Å²) >= 11 is 5.93. The van der Waals surface area contributed by atoms with E-state index in [-0.39, 0.29) is 21.9 Å². The number of halogens is 1. The normalized spacial score (nSPS) is 11.0. The predicted octanol–water partition coefficient (Wildman–Crippen LogP) is 3.72. The standard InChI is InChI=1S/C16H12ClN3O3S/c17-14-11-15(23-12-7-3-1-4-8-12)19-16(18-14)20-24(21,22)13-9-5-2-6-10-13/h1-11H,(H,18,19,20). The summed E-state index contributed by atoms with van der Waals surface area (Å²) in [5, 5.41) is 0.0571. The van der Waals surface area contributed by atoms with Crippen molar-refractivity contribution >= 4 is 27.6 Å². The molecular formula is C16H12ClN3O3S. The summed E-state index contributed by atoms with van der Waals surface area (Å²) in [6.07, 6.45) is 0. The lowest BCUT2D eigenvalue weighted by Gasteiger charge is -2.09. The molecular weight excluding hydrogens is 350 g/mol. The molecule has 0 aliphatic heterocycles. The highest BCUT2D eigenvalue weighted by atomic mass is 35.5. The van der Waals surface area contributed by atoms with Gasteiger partial charge >= 0.3 is 0 Å². The lowest BCUT2D eigenvalue weighted by atomic mass is 10.3.